The Bertz CT molecular complexity index is 725. The van der Waals surface area contributed by atoms with Gasteiger partial charge in [-0.3, -0.25) is 4.79 Å². The molecule has 2 aromatic rings. The first-order chi connectivity index (χ1) is 9.75. The van der Waals surface area contributed by atoms with Crippen LogP contribution >= 0.6 is 11.6 Å². The molecule has 5 heteroatoms. The summed E-state index contributed by atoms with van der Waals surface area (Å²) in [5.41, 5.74) is 1.39. The Hall–Kier alpha value is -1.68. The SMILES string of the molecule is CC1(C)C(C(=O)Nc2nc3ccccc3nc2Cl)C1(C)C. The molecule has 4 nitrogen and oxygen atoms in total. The Balaban J connectivity index is 1.89. The average molecular weight is 304 g/mol. The molecule has 1 heterocycles. The van der Waals surface area contributed by atoms with Crippen molar-refractivity contribution in [1.29, 1.82) is 0 Å². The third-order valence-corrected chi connectivity index (χ3v) is 5.32. The lowest BCUT2D eigenvalue weighted by atomic mass is 10.0. The third-order valence-electron chi connectivity index (χ3n) is 5.05. The molecule has 1 amide bonds. The predicted molar refractivity (Wildman–Crippen MR) is 84.2 cm³/mol. The van der Waals surface area contributed by atoms with Crippen molar-refractivity contribution < 1.29 is 4.79 Å². The number of aromatic nitrogens is 2. The van der Waals surface area contributed by atoms with Gasteiger partial charge in [-0.2, -0.15) is 0 Å². The molecule has 1 aromatic carbocycles. The molecule has 1 aromatic heterocycles. The van der Waals surface area contributed by atoms with Crippen LogP contribution in [0.25, 0.3) is 11.0 Å². The lowest BCUT2D eigenvalue weighted by molar-refractivity contribution is -0.118. The van der Waals surface area contributed by atoms with E-state index in [1.54, 1.807) is 0 Å². The highest BCUT2D eigenvalue weighted by Gasteiger charge is 2.68. The zero-order valence-corrected chi connectivity index (χ0v) is 13.3. The van der Waals surface area contributed by atoms with E-state index in [4.69, 9.17) is 11.6 Å². The van der Waals surface area contributed by atoms with Crippen LogP contribution in [-0.2, 0) is 4.79 Å². The maximum atomic E-state index is 12.5. The van der Waals surface area contributed by atoms with E-state index in [-0.39, 0.29) is 27.8 Å². The highest BCUT2D eigenvalue weighted by Crippen LogP contribution is 2.68. The summed E-state index contributed by atoms with van der Waals surface area (Å²) in [7, 11) is 0. The minimum atomic E-state index is -0.0469. The van der Waals surface area contributed by atoms with Crippen molar-refractivity contribution >= 4 is 34.4 Å². The smallest absolute Gasteiger partial charge is 0.229 e. The minimum absolute atomic E-state index is 0.0200. The van der Waals surface area contributed by atoms with Crippen LogP contribution < -0.4 is 5.32 Å². The molecule has 1 fully saturated rings. The van der Waals surface area contributed by atoms with Gasteiger partial charge in [-0.25, -0.2) is 9.97 Å². The van der Waals surface area contributed by atoms with Gasteiger partial charge in [0, 0.05) is 5.92 Å². The van der Waals surface area contributed by atoms with Gasteiger partial charge >= 0.3 is 0 Å². The molecule has 1 N–H and O–H groups in total. The molecule has 1 saturated carbocycles. The lowest BCUT2D eigenvalue weighted by Crippen LogP contribution is -2.19. The van der Waals surface area contributed by atoms with Crippen LogP contribution in [0, 0.1) is 16.7 Å². The van der Waals surface area contributed by atoms with Crippen LogP contribution in [0.15, 0.2) is 24.3 Å². The first-order valence-electron chi connectivity index (χ1n) is 6.98. The summed E-state index contributed by atoms with van der Waals surface area (Å²) in [5, 5.41) is 3.05. The molecule has 3 rings (SSSR count). The van der Waals surface area contributed by atoms with Crippen molar-refractivity contribution in [3.05, 3.63) is 29.4 Å². The number of carbonyl (C=O) groups excluding carboxylic acids is 1. The number of para-hydroxylation sites is 2. The van der Waals surface area contributed by atoms with E-state index < -0.39 is 0 Å². The second-order valence-electron chi connectivity index (χ2n) is 6.72. The number of hydrogen-bond donors (Lipinski definition) is 1. The zero-order valence-electron chi connectivity index (χ0n) is 12.6. The first-order valence-corrected chi connectivity index (χ1v) is 7.36. The maximum absolute atomic E-state index is 12.5. The number of anilines is 1. The summed E-state index contributed by atoms with van der Waals surface area (Å²) in [6.07, 6.45) is 0. The zero-order chi connectivity index (χ0) is 15.4. The first kappa shape index (κ1) is 14.3. The summed E-state index contributed by atoms with van der Waals surface area (Å²) < 4.78 is 0. The van der Waals surface area contributed by atoms with Gasteiger partial charge in [-0.1, -0.05) is 51.4 Å². The fraction of sp³-hybridized carbons (Fsp3) is 0.438. The fourth-order valence-electron chi connectivity index (χ4n) is 3.10. The number of amides is 1. The van der Waals surface area contributed by atoms with E-state index in [9.17, 15) is 4.79 Å². The minimum Gasteiger partial charge on any atom is -0.308 e. The fourth-order valence-corrected chi connectivity index (χ4v) is 3.28. The van der Waals surface area contributed by atoms with Crippen LogP contribution in [0.5, 0.6) is 0 Å². The molecule has 0 bridgehead atoms. The van der Waals surface area contributed by atoms with Crippen LogP contribution in [0.4, 0.5) is 5.82 Å². The van der Waals surface area contributed by atoms with Crippen LogP contribution in [0.2, 0.25) is 5.15 Å². The van der Waals surface area contributed by atoms with E-state index in [0.29, 0.717) is 16.9 Å². The number of fused-ring (bicyclic) bond motifs is 1. The molecular weight excluding hydrogens is 286 g/mol. The molecule has 0 atom stereocenters. The van der Waals surface area contributed by atoms with Gasteiger partial charge in [0.15, 0.2) is 11.0 Å². The second kappa shape index (κ2) is 4.41. The average Bonchev–Trinajstić information content (AvgIpc) is 2.80. The van der Waals surface area contributed by atoms with Gasteiger partial charge < -0.3 is 5.32 Å². The van der Waals surface area contributed by atoms with Gasteiger partial charge in [-0.15, -0.1) is 0 Å². The number of nitrogens with zero attached hydrogens (tertiary/aromatic N) is 2. The largest absolute Gasteiger partial charge is 0.308 e. The monoisotopic (exact) mass is 303 g/mol. The Kier molecular flexibility index (Phi) is 2.99. The van der Waals surface area contributed by atoms with Crippen LogP contribution in [0.3, 0.4) is 0 Å². The van der Waals surface area contributed by atoms with Crippen molar-refractivity contribution in [3.63, 3.8) is 0 Å². The van der Waals surface area contributed by atoms with Crippen LogP contribution in [-0.4, -0.2) is 15.9 Å². The third kappa shape index (κ3) is 2.09. The Morgan fingerprint density at radius 3 is 2.14 bits per heavy atom. The molecule has 0 radical (unpaired) electrons. The van der Waals surface area contributed by atoms with Gasteiger partial charge in [-0.05, 0) is 23.0 Å². The topological polar surface area (TPSA) is 54.9 Å². The summed E-state index contributed by atoms with van der Waals surface area (Å²) >= 11 is 6.13. The molecule has 0 unspecified atom stereocenters. The summed E-state index contributed by atoms with van der Waals surface area (Å²) in [4.78, 5) is 21.1. The molecule has 0 aliphatic heterocycles. The maximum Gasteiger partial charge on any atom is 0.229 e. The number of carbonyl (C=O) groups is 1. The Morgan fingerprint density at radius 1 is 1.10 bits per heavy atom. The number of nitrogens with one attached hydrogen (secondary N) is 1. The van der Waals surface area contributed by atoms with Gasteiger partial charge in [0.25, 0.3) is 0 Å². The van der Waals surface area contributed by atoms with E-state index in [2.05, 4.69) is 43.0 Å². The van der Waals surface area contributed by atoms with E-state index in [1.807, 2.05) is 24.3 Å². The number of benzene rings is 1. The molecule has 1 aliphatic carbocycles. The quantitative estimate of drug-likeness (QED) is 0.915. The Labute approximate surface area is 128 Å². The molecule has 0 spiro atoms. The van der Waals surface area contributed by atoms with Crippen LogP contribution in [0.1, 0.15) is 27.7 Å². The van der Waals surface area contributed by atoms with Crippen molar-refractivity contribution in [2.24, 2.45) is 16.7 Å². The van der Waals surface area contributed by atoms with Crippen molar-refractivity contribution in [2.45, 2.75) is 27.7 Å². The standard InChI is InChI=1S/C16H18ClN3O/c1-15(2)11(16(15,3)4)14(21)20-13-12(17)18-9-7-5-6-8-10(9)19-13/h5-8,11H,1-4H3,(H,19,20,21). The summed E-state index contributed by atoms with van der Waals surface area (Å²) in [5.74, 6) is 0.240. The molecule has 0 saturated heterocycles. The van der Waals surface area contributed by atoms with Gasteiger partial charge in [0.2, 0.25) is 5.91 Å². The highest BCUT2D eigenvalue weighted by molar-refractivity contribution is 6.32. The Morgan fingerprint density at radius 2 is 1.62 bits per heavy atom. The van der Waals surface area contributed by atoms with Crippen molar-refractivity contribution in [1.82, 2.24) is 9.97 Å². The number of hydrogen-bond acceptors (Lipinski definition) is 3. The van der Waals surface area contributed by atoms with E-state index in [1.165, 1.54) is 0 Å². The van der Waals surface area contributed by atoms with Gasteiger partial charge in [0.1, 0.15) is 0 Å². The lowest BCUT2D eigenvalue weighted by Gasteiger charge is -2.08. The highest BCUT2D eigenvalue weighted by atomic mass is 35.5. The molecule has 21 heavy (non-hydrogen) atoms. The van der Waals surface area contributed by atoms with Crippen molar-refractivity contribution in [3.8, 4) is 0 Å². The van der Waals surface area contributed by atoms with Crippen molar-refractivity contribution in [2.75, 3.05) is 5.32 Å². The summed E-state index contributed by atoms with van der Waals surface area (Å²) in [6.45, 7) is 8.41. The summed E-state index contributed by atoms with van der Waals surface area (Å²) in [6, 6.07) is 7.44. The van der Waals surface area contributed by atoms with Gasteiger partial charge in [0.05, 0.1) is 11.0 Å². The molecule has 1 aliphatic rings. The number of rotatable bonds is 2. The molecule has 110 valence electrons. The predicted octanol–water partition coefficient (Wildman–Crippen LogP) is 3.90. The van der Waals surface area contributed by atoms with E-state index in [0.717, 1.165) is 0 Å². The molecular formula is C16H18ClN3O. The number of halogens is 1. The second-order valence-corrected chi connectivity index (χ2v) is 7.08. The normalized spacial score (nSPS) is 19.5. The van der Waals surface area contributed by atoms with E-state index >= 15 is 0 Å².